The monoisotopic (exact) mass is 219 g/mol. The van der Waals surface area contributed by atoms with Gasteiger partial charge in [0.2, 0.25) is 0 Å². The van der Waals surface area contributed by atoms with Crippen molar-refractivity contribution in [2.75, 3.05) is 13.1 Å². The molecule has 0 aliphatic rings. The number of aliphatic hydroxyl groups excluding tert-OH is 1. The van der Waals surface area contributed by atoms with Gasteiger partial charge in [-0.3, -0.25) is 0 Å². The van der Waals surface area contributed by atoms with Gasteiger partial charge in [-0.15, -0.1) is 0 Å². The molecular weight excluding hydrogens is 202 g/mol. The molecule has 0 fully saturated rings. The summed E-state index contributed by atoms with van der Waals surface area (Å²) in [6, 6.07) is -0.684. The topological polar surface area (TPSA) is 119 Å². The van der Waals surface area contributed by atoms with Crippen molar-refractivity contribution >= 4 is 12.1 Å². The summed E-state index contributed by atoms with van der Waals surface area (Å²) in [7, 11) is 0. The van der Waals surface area contributed by atoms with E-state index >= 15 is 0 Å². The van der Waals surface area contributed by atoms with Gasteiger partial charge in [-0.1, -0.05) is 0 Å². The Labute approximate surface area is 88.0 Å². The van der Waals surface area contributed by atoms with Crippen LogP contribution in [0.1, 0.15) is 13.8 Å². The maximum atomic E-state index is 10.9. The van der Waals surface area contributed by atoms with Crippen molar-refractivity contribution < 1.29 is 19.4 Å². The van der Waals surface area contributed by atoms with E-state index in [9.17, 15) is 9.59 Å². The second-order valence-electron chi connectivity index (χ2n) is 3.34. The molecule has 7 nitrogen and oxygen atoms in total. The van der Waals surface area contributed by atoms with E-state index in [2.05, 4.69) is 4.74 Å². The third-order valence-electron chi connectivity index (χ3n) is 1.59. The first-order valence-electron chi connectivity index (χ1n) is 4.51. The Morgan fingerprint density at radius 3 is 2.20 bits per heavy atom. The molecule has 0 bridgehead atoms. The van der Waals surface area contributed by atoms with Gasteiger partial charge in [-0.25, -0.2) is 9.59 Å². The Morgan fingerprint density at radius 2 is 1.87 bits per heavy atom. The molecule has 0 radical (unpaired) electrons. The summed E-state index contributed by atoms with van der Waals surface area (Å²) in [6.07, 6.45) is -2.17. The highest BCUT2D eigenvalue weighted by Gasteiger charge is 2.17. The number of hydrogen-bond acceptors (Lipinski definition) is 4. The van der Waals surface area contributed by atoms with Crippen LogP contribution in [-0.2, 0) is 4.74 Å². The fourth-order valence-corrected chi connectivity index (χ4v) is 1.12. The number of rotatable bonds is 5. The lowest BCUT2D eigenvalue weighted by atomic mass is 10.3. The lowest BCUT2D eigenvalue weighted by Crippen LogP contribution is -2.44. The molecule has 3 amide bonds. The summed E-state index contributed by atoms with van der Waals surface area (Å²) >= 11 is 0. The fraction of sp³-hybridized carbons (Fsp3) is 0.750. The fourth-order valence-electron chi connectivity index (χ4n) is 1.12. The molecule has 7 heteroatoms. The minimum atomic E-state index is -0.913. The van der Waals surface area contributed by atoms with Crippen LogP contribution in [-0.4, -0.2) is 47.4 Å². The van der Waals surface area contributed by atoms with Crippen LogP contribution in [0.25, 0.3) is 0 Å². The number of carbonyl (C=O) groups excluding carboxylic acids is 2. The van der Waals surface area contributed by atoms with E-state index in [0.29, 0.717) is 0 Å². The van der Waals surface area contributed by atoms with Crippen LogP contribution in [0.15, 0.2) is 0 Å². The van der Waals surface area contributed by atoms with Crippen molar-refractivity contribution in [1.82, 2.24) is 4.90 Å². The zero-order chi connectivity index (χ0) is 12.0. The molecule has 88 valence electrons. The highest BCUT2D eigenvalue weighted by atomic mass is 16.6. The molecule has 0 aromatic carbocycles. The first-order valence-corrected chi connectivity index (χ1v) is 4.51. The normalized spacial score (nSPS) is 14.1. The number of hydrogen-bond donors (Lipinski definition) is 3. The molecular formula is C8H17N3O4. The summed E-state index contributed by atoms with van der Waals surface area (Å²) in [5, 5.41) is 9.08. The number of carbonyl (C=O) groups is 2. The summed E-state index contributed by atoms with van der Waals surface area (Å²) in [4.78, 5) is 22.5. The maximum Gasteiger partial charge on any atom is 0.404 e. The summed E-state index contributed by atoms with van der Waals surface area (Å²) in [5.41, 5.74) is 9.87. The minimum Gasteiger partial charge on any atom is -0.445 e. The SMILES string of the molecule is CC(O)CN(CC(C)OC(N)=O)C(N)=O. The van der Waals surface area contributed by atoms with Crippen LogP contribution >= 0.6 is 0 Å². The molecule has 0 saturated heterocycles. The van der Waals surface area contributed by atoms with E-state index in [1.54, 1.807) is 6.92 Å². The predicted molar refractivity (Wildman–Crippen MR) is 53.0 cm³/mol. The minimum absolute atomic E-state index is 0.0851. The summed E-state index contributed by atoms with van der Waals surface area (Å²) < 4.78 is 4.62. The number of amides is 3. The molecule has 0 aliphatic heterocycles. The predicted octanol–water partition coefficient (Wildman–Crippen LogP) is -0.768. The van der Waals surface area contributed by atoms with Crippen molar-refractivity contribution in [3.05, 3.63) is 0 Å². The number of nitrogens with zero attached hydrogens (tertiary/aromatic N) is 1. The molecule has 2 unspecified atom stereocenters. The Balaban J connectivity index is 4.16. The first-order chi connectivity index (χ1) is 6.82. The Bertz CT molecular complexity index is 232. The molecule has 15 heavy (non-hydrogen) atoms. The molecule has 0 saturated carbocycles. The number of aliphatic hydroxyl groups is 1. The lowest BCUT2D eigenvalue weighted by molar-refractivity contribution is 0.0786. The molecule has 2 atom stereocenters. The molecule has 0 aliphatic carbocycles. The van der Waals surface area contributed by atoms with Gasteiger partial charge in [0.25, 0.3) is 0 Å². The number of nitrogens with two attached hydrogens (primary N) is 2. The largest absolute Gasteiger partial charge is 0.445 e. The summed E-state index contributed by atoms with van der Waals surface area (Å²) in [6.45, 7) is 3.28. The average Bonchev–Trinajstić information content (AvgIpc) is 1.99. The van der Waals surface area contributed by atoms with Gasteiger partial charge in [0, 0.05) is 6.54 Å². The van der Waals surface area contributed by atoms with E-state index in [0.717, 1.165) is 0 Å². The highest BCUT2D eigenvalue weighted by molar-refractivity contribution is 5.72. The standard InChI is InChI=1S/C8H17N3O4/c1-5(12)3-11(7(9)13)4-6(2)15-8(10)14/h5-6,12H,3-4H2,1-2H3,(H2,9,13)(H2,10,14). The molecule has 5 N–H and O–H groups in total. The zero-order valence-electron chi connectivity index (χ0n) is 8.84. The quantitative estimate of drug-likeness (QED) is 0.562. The van der Waals surface area contributed by atoms with Gasteiger partial charge < -0.3 is 26.2 Å². The van der Waals surface area contributed by atoms with Crippen molar-refractivity contribution in [2.24, 2.45) is 11.5 Å². The summed E-state index contributed by atoms with van der Waals surface area (Å²) in [5.74, 6) is 0. The second kappa shape index (κ2) is 6.07. The van der Waals surface area contributed by atoms with E-state index in [1.165, 1.54) is 11.8 Å². The molecule has 0 aromatic rings. The third kappa shape index (κ3) is 6.55. The van der Waals surface area contributed by atoms with Crippen molar-refractivity contribution in [2.45, 2.75) is 26.1 Å². The third-order valence-corrected chi connectivity index (χ3v) is 1.59. The van der Waals surface area contributed by atoms with Crippen LogP contribution in [0.2, 0.25) is 0 Å². The van der Waals surface area contributed by atoms with E-state index in [1.807, 2.05) is 0 Å². The molecule has 0 aromatic heterocycles. The van der Waals surface area contributed by atoms with Crippen LogP contribution < -0.4 is 11.5 Å². The van der Waals surface area contributed by atoms with Crippen LogP contribution in [0.5, 0.6) is 0 Å². The smallest absolute Gasteiger partial charge is 0.404 e. The van der Waals surface area contributed by atoms with E-state index < -0.39 is 24.3 Å². The van der Waals surface area contributed by atoms with Crippen molar-refractivity contribution in [3.63, 3.8) is 0 Å². The lowest BCUT2D eigenvalue weighted by Gasteiger charge is -2.24. The Morgan fingerprint density at radius 1 is 1.33 bits per heavy atom. The number of urea groups is 1. The molecule has 0 spiro atoms. The molecule has 0 heterocycles. The second-order valence-corrected chi connectivity index (χ2v) is 3.34. The van der Waals surface area contributed by atoms with Gasteiger partial charge in [-0.2, -0.15) is 0 Å². The average molecular weight is 219 g/mol. The van der Waals surface area contributed by atoms with Crippen LogP contribution in [0.4, 0.5) is 9.59 Å². The van der Waals surface area contributed by atoms with Crippen LogP contribution in [0, 0.1) is 0 Å². The van der Waals surface area contributed by atoms with Gasteiger partial charge in [0.15, 0.2) is 0 Å². The van der Waals surface area contributed by atoms with Gasteiger partial charge in [0.1, 0.15) is 6.10 Å². The molecule has 0 rings (SSSR count). The van der Waals surface area contributed by atoms with Crippen molar-refractivity contribution in [3.8, 4) is 0 Å². The highest BCUT2D eigenvalue weighted by Crippen LogP contribution is 1.98. The van der Waals surface area contributed by atoms with Crippen LogP contribution in [0.3, 0.4) is 0 Å². The number of ether oxygens (including phenoxy) is 1. The van der Waals surface area contributed by atoms with E-state index in [4.69, 9.17) is 16.6 Å². The van der Waals surface area contributed by atoms with E-state index in [-0.39, 0.29) is 13.1 Å². The Hall–Kier alpha value is -1.50. The maximum absolute atomic E-state index is 10.9. The number of primary amides is 2. The first kappa shape index (κ1) is 13.5. The Kier molecular flexibility index (Phi) is 5.46. The van der Waals surface area contributed by atoms with Gasteiger partial charge in [-0.05, 0) is 13.8 Å². The van der Waals surface area contributed by atoms with Gasteiger partial charge in [0.05, 0.1) is 12.6 Å². The van der Waals surface area contributed by atoms with Gasteiger partial charge >= 0.3 is 12.1 Å². The van der Waals surface area contributed by atoms with Crippen molar-refractivity contribution in [1.29, 1.82) is 0 Å². The zero-order valence-corrected chi connectivity index (χ0v) is 8.84.